The van der Waals surface area contributed by atoms with Gasteiger partial charge in [-0.2, -0.15) is 0 Å². The molecule has 0 aliphatic carbocycles. The molecule has 1 aliphatic heterocycles. The number of piperidine rings is 1. The van der Waals surface area contributed by atoms with E-state index in [1.54, 1.807) is 17.0 Å². The molecule has 0 radical (unpaired) electrons. The summed E-state index contributed by atoms with van der Waals surface area (Å²) >= 11 is 6.15. The minimum absolute atomic E-state index is 0.00999. The first-order chi connectivity index (χ1) is 12.9. The van der Waals surface area contributed by atoms with E-state index in [9.17, 15) is 9.59 Å². The van der Waals surface area contributed by atoms with Crippen LogP contribution in [-0.2, 0) is 4.79 Å². The fourth-order valence-electron chi connectivity index (χ4n) is 3.16. The first-order valence-electron chi connectivity index (χ1n) is 8.95. The zero-order valence-electron chi connectivity index (χ0n) is 15.5. The maximum Gasteiger partial charge on any atom is 0.287 e. The average Bonchev–Trinajstić information content (AvgIpc) is 3.19. The lowest BCUT2D eigenvalue weighted by Gasteiger charge is -2.32. The number of hydrogen-bond donors (Lipinski definition) is 1. The second-order valence-corrected chi connectivity index (χ2v) is 7.14. The van der Waals surface area contributed by atoms with Crippen molar-refractivity contribution in [2.45, 2.75) is 32.7 Å². The normalized spacial score (nSPS) is 14.9. The van der Waals surface area contributed by atoms with Crippen LogP contribution in [0.4, 0.5) is 0 Å². The molecule has 0 saturated carbocycles. The molecule has 2 heterocycles. The molecule has 27 heavy (non-hydrogen) atoms. The van der Waals surface area contributed by atoms with E-state index in [1.807, 2.05) is 26.0 Å². The number of furan rings is 1. The monoisotopic (exact) mass is 390 g/mol. The van der Waals surface area contributed by atoms with Gasteiger partial charge >= 0.3 is 0 Å². The van der Waals surface area contributed by atoms with Crippen molar-refractivity contribution in [2.24, 2.45) is 0 Å². The standard InChI is InChI=1S/C20H23ClN2O4/c1-13-10-16(11-14(2)19(13)21)27-12-18(24)23-7-5-15(6-8-23)22-20(25)17-4-3-9-26-17/h3-4,9-11,15H,5-8,12H2,1-2H3,(H,22,25). The number of likely N-dealkylation sites (tertiary alicyclic amines) is 1. The number of nitrogens with zero attached hydrogens (tertiary/aromatic N) is 1. The highest BCUT2D eigenvalue weighted by Crippen LogP contribution is 2.26. The summed E-state index contributed by atoms with van der Waals surface area (Å²) in [7, 11) is 0. The van der Waals surface area contributed by atoms with Crippen molar-refractivity contribution < 1.29 is 18.7 Å². The van der Waals surface area contributed by atoms with Gasteiger partial charge in [0.15, 0.2) is 12.4 Å². The summed E-state index contributed by atoms with van der Waals surface area (Å²) in [5.74, 6) is 0.663. The van der Waals surface area contributed by atoms with Gasteiger partial charge in [0.05, 0.1) is 6.26 Å². The van der Waals surface area contributed by atoms with E-state index < -0.39 is 0 Å². The summed E-state index contributed by atoms with van der Waals surface area (Å²) < 4.78 is 10.7. The molecule has 144 valence electrons. The molecule has 1 N–H and O–H groups in total. The molecule has 6 nitrogen and oxygen atoms in total. The summed E-state index contributed by atoms with van der Waals surface area (Å²) in [5, 5.41) is 3.66. The van der Waals surface area contributed by atoms with Gasteiger partial charge in [0.1, 0.15) is 5.75 Å². The number of aryl methyl sites for hydroxylation is 2. The zero-order chi connectivity index (χ0) is 19.4. The second-order valence-electron chi connectivity index (χ2n) is 6.77. The number of ether oxygens (including phenoxy) is 1. The Morgan fingerprint density at radius 2 is 1.93 bits per heavy atom. The van der Waals surface area contributed by atoms with E-state index in [-0.39, 0.29) is 24.5 Å². The maximum atomic E-state index is 12.4. The molecule has 1 aromatic carbocycles. The van der Waals surface area contributed by atoms with Gasteiger partial charge in [0.25, 0.3) is 11.8 Å². The van der Waals surface area contributed by atoms with Gasteiger partial charge in [-0.25, -0.2) is 0 Å². The number of amides is 2. The molecule has 2 aromatic rings. The Labute approximate surface area is 163 Å². The molecule has 0 spiro atoms. The maximum absolute atomic E-state index is 12.4. The fourth-order valence-corrected chi connectivity index (χ4v) is 3.27. The fraction of sp³-hybridized carbons (Fsp3) is 0.400. The lowest BCUT2D eigenvalue weighted by molar-refractivity contribution is -0.134. The minimum Gasteiger partial charge on any atom is -0.484 e. The van der Waals surface area contributed by atoms with Gasteiger partial charge in [-0.1, -0.05) is 11.6 Å². The summed E-state index contributed by atoms with van der Waals surface area (Å²) in [6.45, 7) is 4.98. The van der Waals surface area contributed by atoms with Crippen LogP contribution in [0.1, 0.15) is 34.5 Å². The third kappa shape index (κ3) is 4.83. The minimum atomic E-state index is -0.221. The van der Waals surface area contributed by atoms with Crippen molar-refractivity contribution in [2.75, 3.05) is 19.7 Å². The van der Waals surface area contributed by atoms with E-state index in [1.165, 1.54) is 6.26 Å². The molecule has 1 saturated heterocycles. The molecule has 7 heteroatoms. The first kappa shape index (κ1) is 19.3. The van der Waals surface area contributed by atoms with Crippen molar-refractivity contribution in [3.05, 3.63) is 52.4 Å². The van der Waals surface area contributed by atoms with Crippen molar-refractivity contribution >= 4 is 23.4 Å². The second kappa shape index (κ2) is 8.48. The highest BCUT2D eigenvalue weighted by Gasteiger charge is 2.25. The van der Waals surface area contributed by atoms with E-state index >= 15 is 0 Å². The predicted octanol–water partition coefficient (Wildman–Crippen LogP) is 3.35. The SMILES string of the molecule is Cc1cc(OCC(=O)N2CCC(NC(=O)c3ccco3)CC2)cc(C)c1Cl. The van der Waals surface area contributed by atoms with Crippen LogP contribution >= 0.6 is 11.6 Å². The van der Waals surface area contributed by atoms with Crippen molar-refractivity contribution in [3.8, 4) is 5.75 Å². The molecule has 0 bridgehead atoms. The van der Waals surface area contributed by atoms with Crippen LogP contribution in [-0.4, -0.2) is 42.5 Å². The smallest absolute Gasteiger partial charge is 0.287 e. The average molecular weight is 391 g/mol. The van der Waals surface area contributed by atoms with Crippen LogP contribution < -0.4 is 10.1 Å². The number of carbonyl (C=O) groups is 2. The third-order valence-electron chi connectivity index (χ3n) is 4.70. The molecular formula is C20H23ClN2O4. The van der Waals surface area contributed by atoms with Crippen molar-refractivity contribution in [3.63, 3.8) is 0 Å². The third-order valence-corrected chi connectivity index (χ3v) is 5.30. The Kier molecular flexibility index (Phi) is 6.06. The number of nitrogens with one attached hydrogen (secondary N) is 1. The number of halogens is 1. The van der Waals surface area contributed by atoms with Gasteiger partial charge in [-0.05, 0) is 62.1 Å². The summed E-state index contributed by atoms with van der Waals surface area (Å²) in [5.41, 5.74) is 1.85. The quantitative estimate of drug-likeness (QED) is 0.849. The number of carbonyl (C=O) groups excluding carboxylic acids is 2. The van der Waals surface area contributed by atoms with Crippen LogP contribution in [0, 0.1) is 13.8 Å². The predicted molar refractivity (Wildman–Crippen MR) is 102 cm³/mol. The lowest BCUT2D eigenvalue weighted by atomic mass is 10.0. The highest BCUT2D eigenvalue weighted by atomic mass is 35.5. The van der Waals surface area contributed by atoms with Crippen LogP contribution in [0.15, 0.2) is 34.9 Å². The van der Waals surface area contributed by atoms with Crippen molar-refractivity contribution in [1.82, 2.24) is 10.2 Å². The zero-order valence-corrected chi connectivity index (χ0v) is 16.2. The summed E-state index contributed by atoms with van der Waals surface area (Å²) in [4.78, 5) is 26.2. The van der Waals surface area contributed by atoms with Gasteiger partial charge < -0.3 is 19.4 Å². The number of benzene rings is 1. The van der Waals surface area contributed by atoms with E-state index in [0.29, 0.717) is 42.5 Å². The van der Waals surface area contributed by atoms with Gasteiger partial charge in [0, 0.05) is 24.2 Å². The summed E-state index contributed by atoms with van der Waals surface area (Å²) in [6, 6.07) is 7.01. The molecule has 2 amide bonds. The summed E-state index contributed by atoms with van der Waals surface area (Å²) in [6.07, 6.45) is 2.88. The Morgan fingerprint density at radius 1 is 1.26 bits per heavy atom. The molecule has 1 aliphatic rings. The molecule has 3 rings (SSSR count). The Morgan fingerprint density at radius 3 is 2.52 bits per heavy atom. The first-order valence-corrected chi connectivity index (χ1v) is 9.33. The molecule has 0 unspecified atom stereocenters. The van der Waals surface area contributed by atoms with Crippen LogP contribution in [0.3, 0.4) is 0 Å². The Hall–Kier alpha value is -2.47. The molecule has 0 atom stereocenters. The van der Waals surface area contributed by atoms with Gasteiger partial charge in [-0.3, -0.25) is 9.59 Å². The largest absolute Gasteiger partial charge is 0.484 e. The van der Waals surface area contributed by atoms with E-state index in [2.05, 4.69) is 5.32 Å². The molecule has 1 aromatic heterocycles. The Bertz CT molecular complexity index is 788. The van der Waals surface area contributed by atoms with Gasteiger partial charge in [-0.15, -0.1) is 0 Å². The highest BCUT2D eigenvalue weighted by molar-refractivity contribution is 6.32. The van der Waals surface area contributed by atoms with Crippen molar-refractivity contribution in [1.29, 1.82) is 0 Å². The Balaban J connectivity index is 1.45. The van der Waals surface area contributed by atoms with Crippen LogP contribution in [0.2, 0.25) is 5.02 Å². The molecular weight excluding hydrogens is 368 g/mol. The van der Waals surface area contributed by atoms with Gasteiger partial charge in [0.2, 0.25) is 0 Å². The van der Waals surface area contributed by atoms with E-state index in [0.717, 1.165) is 11.1 Å². The number of hydrogen-bond acceptors (Lipinski definition) is 4. The van der Waals surface area contributed by atoms with Crippen LogP contribution in [0.25, 0.3) is 0 Å². The lowest BCUT2D eigenvalue weighted by Crippen LogP contribution is -2.47. The topological polar surface area (TPSA) is 71.8 Å². The number of rotatable bonds is 5. The molecule has 1 fully saturated rings. The van der Waals surface area contributed by atoms with Crippen LogP contribution in [0.5, 0.6) is 5.75 Å². The van der Waals surface area contributed by atoms with E-state index in [4.69, 9.17) is 20.8 Å².